The summed E-state index contributed by atoms with van der Waals surface area (Å²) in [7, 11) is 1.54. The van der Waals surface area contributed by atoms with Crippen LogP contribution >= 0.6 is 0 Å². The van der Waals surface area contributed by atoms with E-state index in [4.69, 9.17) is 0 Å². The summed E-state index contributed by atoms with van der Waals surface area (Å²) in [4.78, 5) is 3.90. The van der Waals surface area contributed by atoms with E-state index in [1.165, 1.54) is 30.5 Å². The summed E-state index contributed by atoms with van der Waals surface area (Å²) in [6.45, 7) is 0. The van der Waals surface area contributed by atoms with Gasteiger partial charge < -0.3 is 5.32 Å². The molecule has 0 spiro atoms. The van der Waals surface area contributed by atoms with Gasteiger partial charge in [0.25, 0.3) is 0 Å². The van der Waals surface area contributed by atoms with Crippen molar-refractivity contribution in [3.05, 3.63) is 65.2 Å². The summed E-state index contributed by atoms with van der Waals surface area (Å²) >= 11 is 0. The number of rotatable bonds is 3. The molecule has 0 bridgehead atoms. The Hall–Kier alpha value is -1.95. The lowest BCUT2D eigenvalue weighted by Crippen LogP contribution is -2.21. The monoisotopic (exact) mass is 284 g/mol. The Balaban J connectivity index is 2.46. The minimum atomic E-state index is -4.43. The maximum atomic E-state index is 13.7. The number of hydrogen-bond donors (Lipinski definition) is 1. The molecule has 0 amide bonds. The molecule has 0 aliphatic rings. The van der Waals surface area contributed by atoms with E-state index in [1.54, 1.807) is 7.05 Å². The Morgan fingerprint density at radius 3 is 2.50 bits per heavy atom. The lowest BCUT2D eigenvalue weighted by atomic mass is 10.0. The molecule has 2 aromatic rings. The third-order valence-corrected chi connectivity index (χ3v) is 2.90. The molecule has 1 aromatic heterocycles. The van der Waals surface area contributed by atoms with Crippen LogP contribution in [0.3, 0.4) is 0 Å². The highest BCUT2D eigenvalue weighted by molar-refractivity contribution is 5.33. The summed E-state index contributed by atoms with van der Waals surface area (Å²) in [5, 5.41) is 2.78. The van der Waals surface area contributed by atoms with E-state index in [0.29, 0.717) is 5.56 Å². The highest BCUT2D eigenvalue weighted by Gasteiger charge is 2.31. The molecular weight excluding hydrogens is 272 g/mol. The van der Waals surface area contributed by atoms with Crippen LogP contribution < -0.4 is 5.32 Å². The van der Waals surface area contributed by atoms with Crippen molar-refractivity contribution in [3.63, 3.8) is 0 Å². The van der Waals surface area contributed by atoms with Crippen LogP contribution in [0.25, 0.3) is 0 Å². The van der Waals surface area contributed by atoms with Gasteiger partial charge in [-0.15, -0.1) is 0 Å². The predicted octanol–water partition coefficient (Wildman–Crippen LogP) is 3.55. The molecule has 106 valence electrons. The first-order chi connectivity index (χ1) is 9.43. The van der Waals surface area contributed by atoms with E-state index in [0.717, 1.165) is 12.1 Å². The van der Waals surface area contributed by atoms with Crippen LogP contribution in [-0.4, -0.2) is 12.0 Å². The van der Waals surface area contributed by atoms with Gasteiger partial charge >= 0.3 is 6.18 Å². The average molecular weight is 284 g/mol. The van der Waals surface area contributed by atoms with Crippen LogP contribution in [0.4, 0.5) is 17.6 Å². The molecule has 2 nitrogen and oxygen atoms in total. The van der Waals surface area contributed by atoms with E-state index in [2.05, 4.69) is 10.3 Å². The number of hydrogen-bond acceptors (Lipinski definition) is 2. The van der Waals surface area contributed by atoms with Crippen molar-refractivity contribution < 1.29 is 17.6 Å². The van der Waals surface area contributed by atoms with Crippen LogP contribution in [0.5, 0.6) is 0 Å². The fourth-order valence-corrected chi connectivity index (χ4v) is 1.97. The molecule has 0 saturated heterocycles. The summed E-state index contributed by atoms with van der Waals surface area (Å²) in [6, 6.07) is 6.69. The van der Waals surface area contributed by atoms with Crippen LogP contribution in [0.15, 0.2) is 42.6 Å². The SMILES string of the molecule is CNC(c1cccc(C(F)(F)F)c1)c1ncccc1F. The Morgan fingerprint density at radius 1 is 1.15 bits per heavy atom. The summed E-state index contributed by atoms with van der Waals surface area (Å²) in [6.07, 6.45) is -3.03. The van der Waals surface area contributed by atoms with Gasteiger partial charge in [-0.1, -0.05) is 12.1 Å². The number of nitrogens with one attached hydrogen (secondary N) is 1. The number of alkyl halides is 3. The summed E-state index contributed by atoms with van der Waals surface area (Å²) in [5.74, 6) is -0.565. The van der Waals surface area contributed by atoms with Gasteiger partial charge in [0, 0.05) is 6.20 Å². The van der Waals surface area contributed by atoms with Gasteiger partial charge in [0.15, 0.2) is 0 Å². The normalized spacial score (nSPS) is 13.2. The van der Waals surface area contributed by atoms with E-state index in [1.807, 2.05) is 0 Å². The molecule has 2 rings (SSSR count). The summed E-state index contributed by atoms with van der Waals surface area (Å²) in [5.41, 5.74) is -0.402. The minimum absolute atomic E-state index is 0.0642. The Bertz CT molecular complexity index is 596. The first-order valence-electron chi connectivity index (χ1n) is 5.88. The van der Waals surface area contributed by atoms with Crippen molar-refractivity contribution in [2.75, 3.05) is 7.05 Å². The van der Waals surface area contributed by atoms with Crippen LogP contribution in [0.2, 0.25) is 0 Å². The Morgan fingerprint density at radius 2 is 1.90 bits per heavy atom. The van der Waals surface area contributed by atoms with Crippen molar-refractivity contribution in [2.24, 2.45) is 0 Å². The Labute approximate surface area is 113 Å². The van der Waals surface area contributed by atoms with Gasteiger partial charge in [0.2, 0.25) is 0 Å². The van der Waals surface area contributed by atoms with Crippen molar-refractivity contribution in [1.29, 1.82) is 0 Å². The van der Waals surface area contributed by atoms with Gasteiger partial charge in [-0.05, 0) is 36.9 Å². The van der Waals surface area contributed by atoms with E-state index in [-0.39, 0.29) is 5.69 Å². The highest BCUT2D eigenvalue weighted by atomic mass is 19.4. The highest BCUT2D eigenvalue weighted by Crippen LogP contribution is 2.32. The number of pyridine rings is 1. The van der Waals surface area contributed by atoms with Gasteiger partial charge in [-0.2, -0.15) is 13.2 Å². The lowest BCUT2D eigenvalue weighted by molar-refractivity contribution is -0.137. The van der Waals surface area contributed by atoms with Crippen molar-refractivity contribution in [2.45, 2.75) is 12.2 Å². The maximum absolute atomic E-state index is 13.7. The molecule has 1 unspecified atom stereocenters. The molecule has 1 atom stereocenters. The molecule has 6 heteroatoms. The number of nitrogens with zero attached hydrogens (tertiary/aromatic N) is 1. The second kappa shape index (κ2) is 5.58. The first kappa shape index (κ1) is 14.5. The van der Waals surface area contributed by atoms with Crippen molar-refractivity contribution >= 4 is 0 Å². The number of aromatic nitrogens is 1. The fraction of sp³-hybridized carbons (Fsp3) is 0.214. The topological polar surface area (TPSA) is 24.9 Å². The van der Waals surface area contributed by atoms with Gasteiger partial charge in [0.05, 0.1) is 17.3 Å². The van der Waals surface area contributed by atoms with Gasteiger partial charge in [-0.3, -0.25) is 4.98 Å². The zero-order chi connectivity index (χ0) is 14.8. The zero-order valence-corrected chi connectivity index (χ0v) is 10.6. The zero-order valence-electron chi connectivity index (χ0n) is 10.6. The standard InChI is InChI=1S/C14H12F4N2/c1-19-12(13-11(15)6-3-7-20-13)9-4-2-5-10(8-9)14(16,17)18/h2-8,12,19H,1H3. The number of halogens is 4. The second-order valence-corrected chi connectivity index (χ2v) is 4.22. The molecular formula is C14H12F4N2. The molecule has 0 aliphatic heterocycles. The lowest BCUT2D eigenvalue weighted by Gasteiger charge is -2.18. The largest absolute Gasteiger partial charge is 0.416 e. The van der Waals surface area contributed by atoms with Crippen LogP contribution in [0.1, 0.15) is 22.9 Å². The van der Waals surface area contributed by atoms with E-state index >= 15 is 0 Å². The maximum Gasteiger partial charge on any atom is 0.416 e. The average Bonchev–Trinajstić information content (AvgIpc) is 2.41. The molecule has 0 fully saturated rings. The summed E-state index contributed by atoms with van der Waals surface area (Å²) < 4.78 is 51.8. The molecule has 0 aliphatic carbocycles. The van der Waals surface area contributed by atoms with E-state index in [9.17, 15) is 17.6 Å². The first-order valence-corrected chi connectivity index (χ1v) is 5.88. The quantitative estimate of drug-likeness (QED) is 0.872. The molecule has 1 heterocycles. The van der Waals surface area contributed by atoms with Gasteiger partial charge in [0.1, 0.15) is 5.82 Å². The third-order valence-electron chi connectivity index (χ3n) is 2.90. The van der Waals surface area contributed by atoms with E-state index < -0.39 is 23.6 Å². The third kappa shape index (κ3) is 2.96. The predicted molar refractivity (Wildman–Crippen MR) is 66.5 cm³/mol. The smallest absolute Gasteiger partial charge is 0.308 e. The number of benzene rings is 1. The van der Waals surface area contributed by atoms with Gasteiger partial charge in [-0.25, -0.2) is 4.39 Å². The Kier molecular flexibility index (Phi) is 4.04. The second-order valence-electron chi connectivity index (χ2n) is 4.22. The minimum Gasteiger partial charge on any atom is -0.308 e. The molecule has 0 radical (unpaired) electrons. The molecule has 1 N–H and O–H groups in total. The molecule has 1 aromatic carbocycles. The van der Waals surface area contributed by atoms with Crippen LogP contribution in [-0.2, 0) is 6.18 Å². The van der Waals surface area contributed by atoms with Crippen molar-refractivity contribution in [1.82, 2.24) is 10.3 Å². The van der Waals surface area contributed by atoms with Crippen molar-refractivity contribution in [3.8, 4) is 0 Å². The van der Waals surface area contributed by atoms with Crippen LogP contribution in [0, 0.1) is 5.82 Å². The molecule has 20 heavy (non-hydrogen) atoms. The fourth-order valence-electron chi connectivity index (χ4n) is 1.97. The molecule has 0 saturated carbocycles.